The number of amides is 1. The summed E-state index contributed by atoms with van der Waals surface area (Å²) in [6.45, 7) is 1.20. The van der Waals surface area contributed by atoms with Crippen LogP contribution in [0.5, 0.6) is 11.5 Å². The zero-order valence-electron chi connectivity index (χ0n) is 18.9. The molecule has 2 aromatic heterocycles. The molecular formula is C24H24N6O4. The van der Waals surface area contributed by atoms with Crippen LogP contribution < -0.4 is 25.4 Å². The number of fused-ring (bicyclic) bond motifs is 2. The molecule has 4 aromatic rings. The van der Waals surface area contributed by atoms with E-state index in [1.165, 1.54) is 22.6 Å². The number of nitrogens with zero attached hydrogens (tertiary/aromatic N) is 5. The monoisotopic (exact) mass is 460 g/mol. The summed E-state index contributed by atoms with van der Waals surface area (Å²) >= 11 is 0. The standard InChI is InChI=1S/C24H24N6O4/c1-33-18-7-8-19(20(13-18)34-2)26-21(31)15-30-24(32)29-12-10-25-22(23(29)27-30)28-11-9-16-5-3-4-6-17(16)14-28/h3-8,10,12-13H,9,11,14-15H2,1-2H3,(H,26,31). The first-order valence-electron chi connectivity index (χ1n) is 10.8. The quantitative estimate of drug-likeness (QED) is 0.470. The molecule has 10 heteroatoms. The first kappa shape index (κ1) is 21.5. The molecule has 2 aromatic carbocycles. The van der Waals surface area contributed by atoms with Crippen LogP contribution in [0.2, 0.25) is 0 Å². The summed E-state index contributed by atoms with van der Waals surface area (Å²) in [5, 5.41) is 7.21. The normalized spacial score (nSPS) is 12.9. The first-order chi connectivity index (χ1) is 16.6. The minimum absolute atomic E-state index is 0.252. The molecule has 0 fully saturated rings. The predicted octanol–water partition coefficient (Wildman–Crippen LogP) is 2.11. The number of aromatic nitrogens is 4. The zero-order chi connectivity index (χ0) is 23.7. The lowest BCUT2D eigenvalue weighted by Gasteiger charge is -2.29. The van der Waals surface area contributed by atoms with E-state index in [0.29, 0.717) is 35.2 Å². The highest BCUT2D eigenvalue weighted by molar-refractivity contribution is 5.92. The van der Waals surface area contributed by atoms with Gasteiger partial charge in [0.25, 0.3) is 0 Å². The lowest BCUT2D eigenvalue weighted by atomic mass is 10.00. The first-order valence-corrected chi connectivity index (χ1v) is 10.8. The molecule has 1 N–H and O–H groups in total. The van der Waals surface area contributed by atoms with E-state index in [9.17, 15) is 9.59 Å². The number of nitrogens with one attached hydrogen (secondary N) is 1. The van der Waals surface area contributed by atoms with Crippen LogP contribution in [-0.4, -0.2) is 45.8 Å². The number of hydrogen-bond donors (Lipinski definition) is 1. The Morgan fingerprint density at radius 3 is 2.74 bits per heavy atom. The molecule has 34 heavy (non-hydrogen) atoms. The van der Waals surface area contributed by atoms with Crippen LogP contribution in [0.4, 0.5) is 11.5 Å². The molecule has 0 saturated heterocycles. The van der Waals surface area contributed by atoms with Crippen molar-refractivity contribution in [2.45, 2.75) is 19.5 Å². The average Bonchev–Trinajstić information content (AvgIpc) is 3.19. The summed E-state index contributed by atoms with van der Waals surface area (Å²) in [5.41, 5.74) is 3.03. The van der Waals surface area contributed by atoms with E-state index in [1.807, 2.05) is 12.1 Å². The molecule has 3 heterocycles. The highest BCUT2D eigenvalue weighted by Crippen LogP contribution is 2.29. The van der Waals surface area contributed by atoms with Gasteiger partial charge in [-0.2, -0.15) is 0 Å². The fourth-order valence-corrected chi connectivity index (χ4v) is 4.17. The van der Waals surface area contributed by atoms with Crippen LogP contribution in [0.3, 0.4) is 0 Å². The van der Waals surface area contributed by atoms with Crippen molar-refractivity contribution in [1.82, 2.24) is 19.2 Å². The highest BCUT2D eigenvalue weighted by atomic mass is 16.5. The number of hydrogen-bond acceptors (Lipinski definition) is 7. The Kier molecular flexibility index (Phi) is 5.62. The number of carbonyl (C=O) groups is 1. The third-order valence-corrected chi connectivity index (χ3v) is 5.89. The summed E-state index contributed by atoms with van der Waals surface area (Å²) in [6.07, 6.45) is 4.03. The average molecular weight is 460 g/mol. The van der Waals surface area contributed by atoms with Crippen LogP contribution in [0, 0.1) is 0 Å². The summed E-state index contributed by atoms with van der Waals surface area (Å²) in [6, 6.07) is 13.4. The predicted molar refractivity (Wildman–Crippen MR) is 127 cm³/mol. The van der Waals surface area contributed by atoms with Crippen LogP contribution >= 0.6 is 0 Å². The van der Waals surface area contributed by atoms with Gasteiger partial charge in [-0.15, -0.1) is 5.10 Å². The number of carbonyl (C=O) groups excluding carboxylic acids is 1. The number of methoxy groups -OCH3 is 2. The van der Waals surface area contributed by atoms with E-state index in [-0.39, 0.29) is 6.54 Å². The van der Waals surface area contributed by atoms with Crippen molar-refractivity contribution < 1.29 is 14.3 Å². The third kappa shape index (κ3) is 3.94. The maximum atomic E-state index is 13.0. The largest absolute Gasteiger partial charge is 0.497 e. The van der Waals surface area contributed by atoms with Crippen molar-refractivity contribution >= 4 is 23.1 Å². The summed E-state index contributed by atoms with van der Waals surface area (Å²) in [7, 11) is 3.05. The van der Waals surface area contributed by atoms with Gasteiger partial charge in [-0.1, -0.05) is 24.3 Å². The fraction of sp³-hybridized carbons (Fsp3) is 0.250. The molecule has 0 saturated carbocycles. The molecule has 1 aliphatic heterocycles. The third-order valence-electron chi connectivity index (χ3n) is 5.89. The number of benzene rings is 2. The molecule has 1 amide bonds. The molecule has 0 radical (unpaired) electrons. The minimum Gasteiger partial charge on any atom is -0.497 e. The zero-order valence-corrected chi connectivity index (χ0v) is 18.9. The molecule has 0 spiro atoms. The Morgan fingerprint density at radius 2 is 1.94 bits per heavy atom. The molecule has 0 bridgehead atoms. The van der Waals surface area contributed by atoms with Gasteiger partial charge >= 0.3 is 5.69 Å². The highest BCUT2D eigenvalue weighted by Gasteiger charge is 2.22. The second kappa shape index (κ2) is 8.89. The van der Waals surface area contributed by atoms with Crippen molar-refractivity contribution in [3.05, 3.63) is 76.5 Å². The molecular weight excluding hydrogens is 436 g/mol. The van der Waals surface area contributed by atoms with Gasteiger partial charge in [-0.05, 0) is 29.7 Å². The maximum Gasteiger partial charge on any atom is 0.350 e. The lowest BCUT2D eigenvalue weighted by molar-refractivity contribution is -0.117. The van der Waals surface area contributed by atoms with E-state index in [0.717, 1.165) is 17.6 Å². The Balaban J connectivity index is 1.40. The molecule has 0 unspecified atom stereocenters. The van der Waals surface area contributed by atoms with E-state index >= 15 is 0 Å². The summed E-state index contributed by atoms with van der Waals surface area (Å²) in [5.74, 6) is 1.26. The number of rotatable bonds is 6. The van der Waals surface area contributed by atoms with Gasteiger partial charge in [-0.25, -0.2) is 18.9 Å². The Labute approximate surface area is 195 Å². The fourth-order valence-electron chi connectivity index (χ4n) is 4.17. The smallest absolute Gasteiger partial charge is 0.350 e. The van der Waals surface area contributed by atoms with Crippen molar-refractivity contribution in [1.29, 1.82) is 0 Å². The molecule has 1 aliphatic rings. The minimum atomic E-state index is -0.409. The van der Waals surface area contributed by atoms with E-state index < -0.39 is 11.6 Å². The van der Waals surface area contributed by atoms with Crippen LogP contribution in [0.1, 0.15) is 11.1 Å². The summed E-state index contributed by atoms with van der Waals surface area (Å²) < 4.78 is 13.1. The van der Waals surface area contributed by atoms with Crippen molar-refractivity contribution in [3.8, 4) is 11.5 Å². The van der Waals surface area contributed by atoms with Gasteiger partial charge in [0.15, 0.2) is 5.82 Å². The van der Waals surface area contributed by atoms with E-state index in [4.69, 9.17) is 9.47 Å². The Bertz CT molecular complexity index is 1430. The molecule has 0 atom stereocenters. The van der Waals surface area contributed by atoms with Gasteiger partial charge in [0.05, 0.1) is 19.9 Å². The van der Waals surface area contributed by atoms with Crippen molar-refractivity contribution in [3.63, 3.8) is 0 Å². The lowest BCUT2D eigenvalue weighted by Crippen LogP contribution is -2.31. The second-order valence-electron chi connectivity index (χ2n) is 7.94. The van der Waals surface area contributed by atoms with Gasteiger partial charge in [0.2, 0.25) is 11.6 Å². The SMILES string of the molecule is COc1ccc(NC(=O)Cn2nc3c(N4CCc5ccccc5C4)nccn3c2=O)c(OC)c1. The molecule has 5 rings (SSSR count). The van der Waals surface area contributed by atoms with Crippen LogP contribution in [-0.2, 0) is 24.3 Å². The van der Waals surface area contributed by atoms with Crippen LogP contribution in [0.25, 0.3) is 5.65 Å². The number of anilines is 2. The van der Waals surface area contributed by atoms with Gasteiger partial charge in [0, 0.05) is 31.5 Å². The van der Waals surface area contributed by atoms with Gasteiger partial charge < -0.3 is 19.7 Å². The topological polar surface area (TPSA) is 103 Å². The molecule has 0 aliphatic carbocycles. The van der Waals surface area contributed by atoms with E-state index in [1.54, 1.807) is 37.7 Å². The molecule has 174 valence electrons. The Hall–Kier alpha value is -4.34. The van der Waals surface area contributed by atoms with Crippen molar-refractivity contribution in [2.24, 2.45) is 0 Å². The van der Waals surface area contributed by atoms with Gasteiger partial charge in [-0.3, -0.25) is 4.79 Å². The second-order valence-corrected chi connectivity index (χ2v) is 7.94. The maximum absolute atomic E-state index is 13.0. The van der Waals surface area contributed by atoms with Gasteiger partial charge in [0.1, 0.15) is 18.0 Å². The molecule has 10 nitrogen and oxygen atoms in total. The Morgan fingerprint density at radius 1 is 1.12 bits per heavy atom. The van der Waals surface area contributed by atoms with Crippen molar-refractivity contribution in [2.75, 3.05) is 31.0 Å². The van der Waals surface area contributed by atoms with E-state index in [2.05, 4.69) is 32.4 Å². The number of ether oxygens (including phenoxy) is 2. The van der Waals surface area contributed by atoms with Crippen LogP contribution in [0.15, 0.2) is 59.7 Å². The summed E-state index contributed by atoms with van der Waals surface area (Å²) in [4.78, 5) is 32.3.